The number of rotatable bonds is 6. The van der Waals surface area contributed by atoms with E-state index in [1.807, 2.05) is 0 Å². The van der Waals surface area contributed by atoms with Gasteiger partial charge in [-0.15, -0.1) is 0 Å². The Kier molecular flexibility index (Phi) is 7.06. The van der Waals surface area contributed by atoms with E-state index in [1.54, 1.807) is 0 Å². The van der Waals surface area contributed by atoms with Gasteiger partial charge in [-0.3, -0.25) is 0 Å². The first kappa shape index (κ1) is 23.6. The molecule has 0 nitrogen and oxygen atoms in total. The van der Waals surface area contributed by atoms with Gasteiger partial charge in [0.15, 0.2) is 0 Å². The van der Waals surface area contributed by atoms with Crippen molar-refractivity contribution in [1.82, 2.24) is 0 Å². The van der Waals surface area contributed by atoms with E-state index >= 15 is 0 Å². The average molecular weight is 669 g/mol. The summed E-state index contributed by atoms with van der Waals surface area (Å²) in [7, 11) is 0. The Hall–Kier alpha value is -3.80. The van der Waals surface area contributed by atoms with Crippen LogP contribution in [-0.2, 0) is 0 Å². The van der Waals surface area contributed by atoms with E-state index < -0.39 is 21.8 Å². The summed E-state index contributed by atoms with van der Waals surface area (Å²) in [5.74, 6) is 0. The number of hydrogen-bond donors (Lipinski definition) is 0. The Morgan fingerprint density at radius 1 is 0.216 bits per heavy atom. The van der Waals surface area contributed by atoms with Gasteiger partial charge in [0, 0.05) is 0 Å². The van der Waals surface area contributed by atoms with Crippen LogP contribution in [0.2, 0.25) is 0 Å². The van der Waals surface area contributed by atoms with Gasteiger partial charge in [0.2, 0.25) is 0 Å². The van der Waals surface area contributed by atoms with Crippen LogP contribution in [0.1, 0.15) is 0 Å². The van der Waals surface area contributed by atoms with E-state index in [0.29, 0.717) is 0 Å². The molecule has 0 radical (unpaired) electrons. The fourth-order valence-electron chi connectivity index (χ4n) is 4.75. The second kappa shape index (κ2) is 11.1. The van der Waals surface area contributed by atoms with Crippen molar-refractivity contribution in [3.05, 3.63) is 164 Å². The summed E-state index contributed by atoms with van der Waals surface area (Å²) in [5.41, 5.74) is 7.60. The van der Waals surface area contributed by atoms with Crippen molar-refractivity contribution >= 4 is 31.6 Å². The van der Waals surface area contributed by atoms with E-state index in [9.17, 15) is 0 Å². The predicted octanol–water partition coefficient (Wildman–Crippen LogP) is 7.20. The maximum atomic E-state index is 2.37. The second-order valence-corrected chi connectivity index (χ2v) is 17.7. The van der Waals surface area contributed by atoms with Crippen LogP contribution < -0.4 is 9.81 Å². The van der Waals surface area contributed by atoms with E-state index in [4.69, 9.17) is 0 Å². The van der Waals surface area contributed by atoms with Gasteiger partial charge in [0.25, 0.3) is 0 Å². The monoisotopic (exact) mass is 668 g/mol. The second-order valence-electron chi connectivity index (χ2n) is 9.07. The van der Waals surface area contributed by atoms with Crippen LogP contribution in [0.3, 0.4) is 0 Å². The molecular formula is C36H27Bi. The van der Waals surface area contributed by atoms with Crippen molar-refractivity contribution in [2.24, 2.45) is 0 Å². The molecule has 0 heterocycles. The third-order valence-corrected chi connectivity index (χ3v) is 16.2. The molecule has 176 valence electrons. The van der Waals surface area contributed by atoms with Crippen LogP contribution in [0.15, 0.2) is 164 Å². The molecule has 0 amide bonds. The molecule has 0 spiro atoms. The van der Waals surface area contributed by atoms with Crippen LogP contribution >= 0.6 is 0 Å². The minimum absolute atomic E-state index is 1.26. The molecule has 0 aliphatic carbocycles. The molecule has 0 saturated carbocycles. The van der Waals surface area contributed by atoms with Crippen LogP contribution in [0, 0.1) is 0 Å². The van der Waals surface area contributed by atoms with Gasteiger partial charge in [-0.1, -0.05) is 0 Å². The van der Waals surface area contributed by atoms with Gasteiger partial charge in [-0.25, -0.2) is 0 Å². The van der Waals surface area contributed by atoms with Crippen molar-refractivity contribution in [1.29, 1.82) is 0 Å². The molecule has 6 aromatic rings. The molecule has 0 aliphatic rings. The Balaban J connectivity index is 1.38. The van der Waals surface area contributed by atoms with Gasteiger partial charge in [-0.05, 0) is 0 Å². The van der Waals surface area contributed by atoms with Crippen LogP contribution in [0.25, 0.3) is 33.4 Å². The fourth-order valence-corrected chi connectivity index (χ4v) is 13.4. The Morgan fingerprint density at radius 3 is 0.676 bits per heavy atom. The molecule has 6 aromatic carbocycles. The zero-order valence-corrected chi connectivity index (χ0v) is 24.0. The number of hydrogen-bond acceptors (Lipinski definition) is 0. The summed E-state index contributed by atoms with van der Waals surface area (Å²) in [5, 5.41) is 0. The molecule has 6 rings (SSSR count). The maximum absolute atomic E-state index is 2.49. The summed E-state index contributed by atoms with van der Waals surface area (Å²) < 4.78 is 4.49. The van der Waals surface area contributed by atoms with Crippen LogP contribution in [-0.4, -0.2) is 21.8 Å². The fraction of sp³-hybridized carbons (Fsp3) is 0. The molecule has 0 atom stereocenters. The third-order valence-electron chi connectivity index (χ3n) is 6.70. The van der Waals surface area contributed by atoms with Crippen molar-refractivity contribution in [3.8, 4) is 33.4 Å². The minimum atomic E-state index is -2.49. The summed E-state index contributed by atoms with van der Waals surface area (Å²) in [6, 6.07) is 59.9. The summed E-state index contributed by atoms with van der Waals surface area (Å²) in [4.78, 5) is 0. The zero-order chi connectivity index (χ0) is 24.9. The van der Waals surface area contributed by atoms with Crippen molar-refractivity contribution in [3.63, 3.8) is 0 Å². The molecule has 0 fully saturated rings. The summed E-state index contributed by atoms with van der Waals surface area (Å²) >= 11 is -2.49. The predicted molar refractivity (Wildman–Crippen MR) is 160 cm³/mol. The van der Waals surface area contributed by atoms with E-state index in [-0.39, 0.29) is 0 Å². The number of benzene rings is 6. The third kappa shape index (κ3) is 5.34. The van der Waals surface area contributed by atoms with E-state index in [1.165, 1.54) is 43.2 Å². The SMILES string of the molecule is c1ccc(-c2cc[c]([Bi]([c]3ccc(-c4ccccc4)cc3)[c]3ccc(-c4ccccc4)cc3)cc2)cc1. The standard InChI is InChI=1S/3C12H9.Bi/c3*1-3-7-11(8-4-1)12-9-5-2-6-10-12;/h3*1,3-10H;. The average Bonchev–Trinajstić information content (AvgIpc) is 3.00. The van der Waals surface area contributed by atoms with Gasteiger partial charge < -0.3 is 0 Å². The molecule has 0 aliphatic heterocycles. The molecule has 37 heavy (non-hydrogen) atoms. The van der Waals surface area contributed by atoms with Gasteiger partial charge in [-0.2, -0.15) is 0 Å². The molecule has 1 heteroatoms. The molecular weight excluding hydrogens is 641 g/mol. The molecule has 0 N–H and O–H groups in total. The molecule has 0 saturated heterocycles. The van der Waals surface area contributed by atoms with Gasteiger partial charge in [0.1, 0.15) is 0 Å². The Morgan fingerprint density at radius 2 is 0.432 bits per heavy atom. The van der Waals surface area contributed by atoms with Gasteiger partial charge >= 0.3 is 229 Å². The normalized spacial score (nSPS) is 10.9. The topological polar surface area (TPSA) is 0 Å². The quantitative estimate of drug-likeness (QED) is 0.165. The van der Waals surface area contributed by atoms with Crippen molar-refractivity contribution in [2.45, 2.75) is 0 Å². The molecule has 0 aromatic heterocycles. The summed E-state index contributed by atoms with van der Waals surface area (Å²) in [6.45, 7) is 0. The zero-order valence-electron chi connectivity index (χ0n) is 20.5. The van der Waals surface area contributed by atoms with Gasteiger partial charge in [0.05, 0.1) is 0 Å². The first-order chi connectivity index (χ1) is 18.3. The Labute approximate surface area is 227 Å². The first-order valence-electron chi connectivity index (χ1n) is 12.6. The van der Waals surface area contributed by atoms with Crippen molar-refractivity contribution in [2.75, 3.05) is 0 Å². The first-order valence-corrected chi connectivity index (χ1v) is 17.8. The van der Waals surface area contributed by atoms with E-state index in [2.05, 4.69) is 164 Å². The molecule has 0 unspecified atom stereocenters. The van der Waals surface area contributed by atoms with Crippen LogP contribution in [0.5, 0.6) is 0 Å². The Bertz CT molecular complexity index is 1360. The summed E-state index contributed by atoms with van der Waals surface area (Å²) in [6.07, 6.45) is 0. The molecule has 0 bridgehead atoms. The van der Waals surface area contributed by atoms with Crippen LogP contribution in [0.4, 0.5) is 0 Å². The van der Waals surface area contributed by atoms with Crippen molar-refractivity contribution < 1.29 is 0 Å². The van der Waals surface area contributed by atoms with E-state index in [0.717, 1.165) is 0 Å².